The highest BCUT2D eigenvalue weighted by atomic mass is 16.7. The highest BCUT2D eigenvalue weighted by Gasteiger charge is 2.10. The fraction of sp³-hybridized carbons (Fsp3) is 0.189. The van der Waals surface area contributed by atoms with Gasteiger partial charge in [-0.3, -0.25) is 9.59 Å². The maximum atomic E-state index is 11.5. The second-order valence-electron chi connectivity index (χ2n) is 9.40. The lowest BCUT2D eigenvalue weighted by molar-refractivity contribution is -0.142. The van der Waals surface area contributed by atoms with E-state index in [9.17, 15) is 28.8 Å². The lowest BCUT2D eigenvalue weighted by Crippen LogP contribution is -2.13. The number of carbonyl (C=O) groups is 6. The molecule has 256 valence electrons. The van der Waals surface area contributed by atoms with E-state index in [1.807, 2.05) is 12.1 Å². The van der Waals surface area contributed by atoms with Crippen LogP contribution in [0.15, 0.2) is 121 Å². The smallest absolute Gasteiger partial charge is 0.340 e. The SMILES string of the molecule is CC(=O)OCCOC(=O)c1ccccc1.CC(=O)OCCOC(=O)c1ccccc1.O=C(OCOC(=O)c1ccccc1)c1ccccc1. The van der Waals surface area contributed by atoms with Gasteiger partial charge in [0.25, 0.3) is 0 Å². The summed E-state index contributed by atoms with van der Waals surface area (Å²) >= 11 is 0. The highest BCUT2D eigenvalue weighted by Crippen LogP contribution is 2.04. The van der Waals surface area contributed by atoms with Gasteiger partial charge in [-0.2, -0.15) is 0 Å². The number of rotatable bonds is 12. The molecular weight excluding hydrogens is 636 g/mol. The monoisotopic (exact) mass is 672 g/mol. The van der Waals surface area contributed by atoms with E-state index in [1.54, 1.807) is 109 Å². The van der Waals surface area contributed by atoms with Gasteiger partial charge in [-0.05, 0) is 48.5 Å². The van der Waals surface area contributed by atoms with Crippen molar-refractivity contribution >= 4 is 35.8 Å². The molecule has 0 spiro atoms. The van der Waals surface area contributed by atoms with E-state index in [0.717, 1.165) is 0 Å². The Morgan fingerprint density at radius 2 is 0.571 bits per heavy atom. The number of hydrogen-bond acceptors (Lipinski definition) is 12. The summed E-state index contributed by atoms with van der Waals surface area (Å²) in [5.41, 5.74) is 1.80. The van der Waals surface area contributed by atoms with Crippen molar-refractivity contribution in [3.05, 3.63) is 144 Å². The second-order valence-corrected chi connectivity index (χ2v) is 9.40. The Hall–Kier alpha value is -6.30. The maximum absolute atomic E-state index is 11.5. The van der Waals surface area contributed by atoms with Crippen LogP contribution in [0.2, 0.25) is 0 Å². The van der Waals surface area contributed by atoms with Gasteiger partial charge in [-0.25, -0.2) is 19.2 Å². The molecule has 0 heterocycles. The molecule has 0 unspecified atom stereocenters. The van der Waals surface area contributed by atoms with Crippen LogP contribution in [0.3, 0.4) is 0 Å². The Morgan fingerprint density at radius 3 is 0.816 bits per heavy atom. The number of carbonyl (C=O) groups excluding carboxylic acids is 6. The summed E-state index contributed by atoms with van der Waals surface area (Å²) in [5.74, 6) is -2.65. The van der Waals surface area contributed by atoms with E-state index in [0.29, 0.717) is 22.3 Å². The standard InChI is InChI=1S/C15H12O4.2C11H12O4/c16-14(12-7-3-1-4-8-12)18-11-19-15(17)13-9-5-2-6-10-13;2*1-9(12)14-7-8-15-11(13)10-5-3-2-4-6-10/h1-10H,11H2;2*2-6H,7-8H2,1H3. The summed E-state index contributed by atoms with van der Waals surface area (Å²) < 4.78 is 28.6. The minimum atomic E-state index is -0.526. The Labute approximate surface area is 283 Å². The predicted molar refractivity (Wildman–Crippen MR) is 175 cm³/mol. The molecule has 0 fully saturated rings. The maximum Gasteiger partial charge on any atom is 0.340 e. The van der Waals surface area contributed by atoms with Crippen LogP contribution in [0.1, 0.15) is 55.3 Å². The molecule has 0 aliphatic heterocycles. The number of esters is 6. The van der Waals surface area contributed by atoms with Gasteiger partial charge in [-0.15, -0.1) is 0 Å². The molecule has 0 amide bonds. The van der Waals surface area contributed by atoms with Crippen LogP contribution in [0.4, 0.5) is 0 Å². The molecule has 0 bridgehead atoms. The van der Waals surface area contributed by atoms with Crippen molar-refractivity contribution in [2.45, 2.75) is 13.8 Å². The Bertz CT molecular complexity index is 1470. The first kappa shape index (κ1) is 38.9. The summed E-state index contributed by atoms with van der Waals surface area (Å²) in [6.07, 6.45) is 0. The number of benzene rings is 4. The van der Waals surface area contributed by atoms with Crippen LogP contribution < -0.4 is 0 Å². The zero-order valence-electron chi connectivity index (χ0n) is 27.0. The predicted octanol–water partition coefficient (Wildman–Crippen LogP) is 5.47. The molecule has 49 heavy (non-hydrogen) atoms. The van der Waals surface area contributed by atoms with Gasteiger partial charge in [0.1, 0.15) is 26.4 Å². The molecule has 12 heteroatoms. The van der Waals surface area contributed by atoms with E-state index in [1.165, 1.54) is 13.8 Å². The molecular formula is C37H36O12. The Balaban J connectivity index is 0.000000258. The Morgan fingerprint density at radius 1 is 0.347 bits per heavy atom. The van der Waals surface area contributed by atoms with Gasteiger partial charge in [0.05, 0.1) is 22.3 Å². The molecule has 0 radical (unpaired) electrons. The average Bonchev–Trinajstić information content (AvgIpc) is 3.13. The normalized spacial score (nSPS) is 9.51. The number of ether oxygens (including phenoxy) is 6. The molecule has 12 nitrogen and oxygen atoms in total. The van der Waals surface area contributed by atoms with Crippen molar-refractivity contribution in [2.24, 2.45) is 0 Å². The fourth-order valence-corrected chi connectivity index (χ4v) is 3.41. The van der Waals surface area contributed by atoms with E-state index in [-0.39, 0.29) is 38.4 Å². The average molecular weight is 673 g/mol. The molecule has 4 aromatic rings. The lowest BCUT2D eigenvalue weighted by Gasteiger charge is -2.06. The van der Waals surface area contributed by atoms with Crippen molar-refractivity contribution in [3.8, 4) is 0 Å². The van der Waals surface area contributed by atoms with Crippen LogP contribution in [-0.2, 0) is 38.0 Å². The molecule has 4 aromatic carbocycles. The fourth-order valence-electron chi connectivity index (χ4n) is 3.41. The van der Waals surface area contributed by atoms with E-state index in [4.69, 9.17) is 18.9 Å². The van der Waals surface area contributed by atoms with Crippen molar-refractivity contribution in [3.63, 3.8) is 0 Å². The molecule has 0 saturated carbocycles. The van der Waals surface area contributed by atoms with Crippen LogP contribution in [0, 0.1) is 0 Å². The second kappa shape index (κ2) is 23.1. The van der Waals surface area contributed by atoms with Gasteiger partial charge in [-0.1, -0.05) is 72.8 Å². The molecule has 0 aliphatic carbocycles. The topological polar surface area (TPSA) is 158 Å². The quantitative estimate of drug-likeness (QED) is 0.0810. The first-order valence-electron chi connectivity index (χ1n) is 14.8. The summed E-state index contributed by atoms with van der Waals surface area (Å²) in [6, 6.07) is 34.3. The molecule has 0 aromatic heterocycles. The van der Waals surface area contributed by atoms with Crippen LogP contribution in [0.25, 0.3) is 0 Å². The summed E-state index contributed by atoms with van der Waals surface area (Å²) in [5, 5.41) is 0. The minimum absolute atomic E-state index is 0.0767. The summed E-state index contributed by atoms with van der Waals surface area (Å²) in [7, 11) is 0. The zero-order chi connectivity index (χ0) is 35.7. The zero-order valence-corrected chi connectivity index (χ0v) is 27.0. The minimum Gasteiger partial charge on any atom is -0.462 e. The van der Waals surface area contributed by atoms with Gasteiger partial charge in [0.2, 0.25) is 6.79 Å². The van der Waals surface area contributed by atoms with Crippen LogP contribution in [0.5, 0.6) is 0 Å². The van der Waals surface area contributed by atoms with Gasteiger partial charge in [0.15, 0.2) is 0 Å². The van der Waals surface area contributed by atoms with Gasteiger partial charge < -0.3 is 28.4 Å². The van der Waals surface area contributed by atoms with Crippen molar-refractivity contribution in [1.29, 1.82) is 0 Å². The van der Waals surface area contributed by atoms with E-state index < -0.39 is 30.7 Å². The first-order valence-corrected chi connectivity index (χ1v) is 14.8. The first-order chi connectivity index (χ1) is 23.7. The Kier molecular flexibility index (Phi) is 18.3. The van der Waals surface area contributed by atoms with E-state index in [2.05, 4.69) is 9.47 Å². The van der Waals surface area contributed by atoms with Crippen LogP contribution >= 0.6 is 0 Å². The molecule has 4 rings (SSSR count). The third-order valence-electron chi connectivity index (χ3n) is 5.66. The van der Waals surface area contributed by atoms with Crippen molar-refractivity contribution < 1.29 is 57.2 Å². The van der Waals surface area contributed by atoms with Gasteiger partial charge >= 0.3 is 35.8 Å². The van der Waals surface area contributed by atoms with Crippen molar-refractivity contribution in [2.75, 3.05) is 33.2 Å². The van der Waals surface area contributed by atoms with Crippen molar-refractivity contribution in [1.82, 2.24) is 0 Å². The largest absolute Gasteiger partial charge is 0.462 e. The summed E-state index contributed by atoms with van der Waals surface area (Å²) in [6.45, 7) is 2.54. The van der Waals surface area contributed by atoms with E-state index >= 15 is 0 Å². The lowest BCUT2D eigenvalue weighted by atomic mass is 10.2. The third-order valence-corrected chi connectivity index (χ3v) is 5.66. The third kappa shape index (κ3) is 17.3. The molecule has 0 atom stereocenters. The highest BCUT2D eigenvalue weighted by molar-refractivity contribution is 5.91. The summed E-state index contributed by atoms with van der Waals surface area (Å²) in [4.78, 5) is 66.5. The number of hydrogen-bond donors (Lipinski definition) is 0. The van der Waals surface area contributed by atoms with Gasteiger partial charge in [0, 0.05) is 13.8 Å². The molecule has 0 N–H and O–H groups in total. The van der Waals surface area contributed by atoms with Crippen LogP contribution in [-0.4, -0.2) is 69.0 Å². The molecule has 0 aliphatic rings. The molecule has 0 saturated heterocycles.